The van der Waals surface area contributed by atoms with Crippen molar-refractivity contribution >= 4 is 22.4 Å². The average molecular weight is 409 g/mol. The van der Waals surface area contributed by atoms with Gasteiger partial charge in [-0.3, -0.25) is 0 Å². The van der Waals surface area contributed by atoms with Crippen LogP contribution in [0.3, 0.4) is 0 Å². The Labute approximate surface area is 180 Å². The van der Waals surface area contributed by atoms with Crippen LogP contribution < -0.4 is 9.47 Å². The number of hydrogen-bond donors (Lipinski definition) is 0. The molecule has 0 aliphatic rings. The molecule has 152 valence electrons. The minimum Gasteiger partial charge on any atom is -0.493 e. The molecular weight excluding hydrogens is 389 g/mol. The highest BCUT2D eigenvalue weighted by Gasteiger charge is 2.08. The SMILES string of the molecule is COc1cc(/C=C(/C#N)c2ccc3ccccc3c2)ccc1OCc1ccc(F)cc1. The number of benzene rings is 4. The van der Waals surface area contributed by atoms with Crippen LogP contribution in [0.15, 0.2) is 84.9 Å². The van der Waals surface area contributed by atoms with Gasteiger partial charge in [-0.2, -0.15) is 5.26 Å². The molecule has 0 saturated carbocycles. The lowest BCUT2D eigenvalue weighted by atomic mass is 10.00. The van der Waals surface area contributed by atoms with Crippen LogP contribution in [0, 0.1) is 17.1 Å². The summed E-state index contributed by atoms with van der Waals surface area (Å²) in [6.07, 6.45) is 1.83. The van der Waals surface area contributed by atoms with Crippen LogP contribution in [-0.4, -0.2) is 7.11 Å². The van der Waals surface area contributed by atoms with Crippen LogP contribution in [0.5, 0.6) is 11.5 Å². The van der Waals surface area contributed by atoms with Gasteiger partial charge in [-0.05, 0) is 63.9 Å². The van der Waals surface area contributed by atoms with Crippen molar-refractivity contribution in [2.24, 2.45) is 0 Å². The molecule has 0 atom stereocenters. The Hall–Kier alpha value is -4.10. The molecule has 3 nitrogen and oxygen atoms in total. The Balaban J connectivity index is 1.58. The maximum Gasteiger partial charge on any atom is 0.161 e. The quantitative estimate of drug-likeness (QED) is 0.265. The summed E-state index contributed by atoms with van der Waals surface area (Å²) in [5.74, 6) is 0.858. The lowest BCUT2D eigenvalue weighted by Crippen LogP contribution is -1.98. The van der Waals surface area contributed by atoms with E-state index in [-0.39, 0.29) is 5.82 Å². The number of halogens is 1. The molecule has 0 N–H and O–H groups in total. The standard InChI is InChI=1S/C27H20FNO2/c1-30-27-15-20(8-13-26(27)31-18-19-6-11-25(28)12-7-19)14-24(17-29)23-10-9-21-4-2-3-5-22(21)16-23/h2-16H,18H2,1H3/b24-14-. The van der Waals surface area contributed by atoms with Gasteiger partial charge in [0.1, 0.15) is 12.4 Å². The molecule has 0 amide bonds. The zero-order chi connectivity index (χ0) is 21.6. The Bertz CT molecular complexity index is 1290. The smallest absolute Gasteiger partial charge is 0.161 e. The molecule has 31 heavy (non-hydrogen) atoms. The van der Waals surface area contributed by atoms with Gasteiger partial charge in [-0.1, -0.05) is 54.6 Å². The lowest BCUT2D eigenvalue weighted by molar-refractivity contribution is 0.284. The van der Waals surface area contributed by atoms with Gasteiger partial charge in [-0.15, -0.1) is 0 Å². The highest BCUT2D eigenvalue weighted by molar-refractivity contribution is 5.94. The number of nitrogens with zero attached hydrogens (tertiary/aromatic N) is 1. The summed E-state index contributed by atoms with van der Waals surface area (Å²) in [6, 6.07) is 28.0. The van der Waals surface area contributed by atoms with Crippen LogP contribution in [0.25, 0.3) is 22.4 Å². The second-order valence-electron chi connectivity index (χ2n) is 7.06. The zero-order valence-corrected chi connectivity index (χ0v) is 17.0. The second-order valence-corrected chi connectivity index (χ2v) is 7.06. The number of hydrogen-bond acceptors (Lipinski definition) is 3. The van der Waals surface area contributed by atoms with Crippen LogP contribution in [-0.2, 0) is 6.61 Å². The molecule has 0 radical (unpaired) electrons. The Morgan fingerprint density at radius 2 is 1.68 bits per heavy atom. The van der Waals surface area contributed by atoms with E-state index in [1.807, 2.05) is 66.7 Å². The highest BCUT2D eigenvalue weighted by Crippen LogP contribution is 2.31. The van der Waals surface area contributed by atoms with E-state index in [9.17, 15) is 9.65 Å². The van der Waals surface area contributed by atoms with E-state index in [0.717, 1.165) is 27.5 Å². The van der Waals surface area contributed by atoms with Crippen LogP contribution in [0.4, 0.5) is 4.39 Å². The van der Waals surface area contributed by atoms with Crippen LogP contribution in [0.1, 0.15) is 16.7 Å². The molecular formula is C27H20FNO2. The van der Waals surface area contributed by atoms with Crippen molar-refractivity contribution in [3.8, 4) is 17.6 Å². The van der Waals surface area contributed by atoms with Crippen molar-refractivity contribution in [3.63, 3.8) is 0 Å². The number of methoxy groups -OCH3 is 1. The lowest BCUT2D eigenvalue weighted by Gasteiger charge is -2.12. The molecule has 4 aromatic carbocycles. The van der Waals surface area contributed by atoms with Crippen molar-refractivity contribution in [2.75, 3.05) is 7.11 Å². The zero-order valence-electron chi connectivity index (χ0n) is 17.0. The molecule has 0 heterocycles. The molecule has 0 saturated heterocycles. The molecule has 0 fully saturated rings. The van der Waals surface area contributed by atoms with E-state index in [1.165, 1.54) is 12.1 Å². The Kier molecular flexibility index (Phi) is 5.96. The first-order valence-corrected chi connectivity index (χ1v) is 9.82. The third-order valence-electron chi connectivity index (χ3n) is 4.99. The molecule has 4 rings (SSSR count). The topological polar surface area (TPSA) is 42.2 Å². The Morgan fingerprint density at radius 3 is 2.42 bits per heavy atom. The maximum absolute atomic E-state index is 13.1. The van der Waals surface area contributed by atoms with E-state index < -0.39 is 0 Å². The normalized spacial score (nSPS) is 11.2. The van der Waals surface area contributed by atoms with Crippen molar-refractivity contribution in [2.45, 2.75) is 6.61 Å². The van der Waals surface area contributed by atoms with E-state index in [4.69, 9.17) is 9.47 Å². The molecule has 0 unspecified atom stereocenters. The van der Waals surface area contributed by atoms with Gasteiger partial charge in [-0.25, -0.2) is 4.39 Å². The molecule has 0 aliphatic heterocycles. The number of allylic oxidation sites excluding steroid dienone is 1. The summed E-state index contributed by atoms with van der Waals surface area (Å²) in [5.41, 5.74) is 3.11. The predicted octanol–water partition coefficient (Wildman–Crippen LogP) is 6.63. The summed E-state index contributed by atoms with van der Waals surface area (Å²) in [6.45, 7) is 0.298. The highest BCUT2D eigenvalue weighted by atomic mass is 19.1. The monoisotopic (exact) mass is 409 g/mol. The third kappa shape index (κ3) is 4.73. The van der Waals surface area contributed by atoms with Gasteiger partial charge in [0.05, 0.1) is 18.8 Å². The first-order chi connectivity index (χ1) is 15.2. The molecule has 4 aromatic rings. The fraction of sp³-hybridized carbons (Fsp3) is 0.0741. The molecule has 0 spiro atoms. The predicted molar refractivity (Wildman–Crippen MR) is 121 cm³/mol. The maximum atomic E-state index is 13.1. The Morgan fingerprint density at radius 1 is 0.903 bits per heavy atom. The van der Waals surface area contributed by atoms with Gasteiger partial charge in [0.25, 0.3) is 0 Å². The first kappa shape index (κ1) is 20.2. The third-order valence-corrected chi connectivity index (χ3v) is 4.99. The second kappa shape index (κ2) is 9.15. The van der Waals surface area contributed by atoms with Gasteiger partial charge in [0.2, 0.25) is 0 Å². The average Bonchev–Trinajstić information content (AvgIpc) is 2.82. The van der Waals surface area contributed by atoms with Crippen molar-refractivity contribution in [3.05, 3.63) is 107 Å². The van der Waals surface area contributed by atoms with Gasteiger partial charge in [0, 0.05) is 0 Å². The number of fused-ring (bicyclic) bond motifs is 1. The number of nitriles is 1. The summed E-state index contributed by atoms with van der Waals surface area (Å²) in [5, 5.41) is 11.9. The minimum absolute atomic E-state index is 0.280. The fourth-order valence-electron chi connectivity index (χ4n) is 3.34. The minimum atomic E-state index is -0.280. The summed E-state index contributed by atoms with van der Waals surface area (Å²) >= 11 is 0. The summed E-state index contributed by atoms with van der Waals surface area (Å²) < 4.78 is 24.4. The number of ether oxygens (including phenoxy) is 2. The molecule has 0 aromatic heterocycles. The number of rotatable bonds is 6. The van der Waals surface area contributed by atoms with E-state index in [0.29, 0.717) is 23.7 Å². The first-order valence-electron chi connectivity index (χ1n) is 9.82. The van der Waals surface area contributed by atoms with Crippen molar-refractivity contribution < 1.29 is 13.9 Å². The summed E-state index contributed by atoms with van der Waals surface area (Å²) in [7, 11) is 1.57. The summed E-state index contributed by atoms with van der Waals surface area (Å²) in [4.78, 5) is 0. The van der Waals surface area contributed by atoms with Gasteiger partial charge >= 0.3 is 0 Å². The van der Waals surface area contributed by atoms with E-state index >= 15 is 0 Å². The molecule has 0 bridgehead atoms. The largest absolute Gasteiger partial charge is 0.493 e. The van der Waals surface area contributed by atoms with Crippen molar-refractivity contribution in [1.82, 2.24) is 0 Å². The van der Waals surface area contributed by atoms with Crippen LogP contribution in [0.2, 0.25) is 0 Å². The molecule has 0 aliphatic carbocycles. The van der Waals surface area contributed by atoms with Crippen LogP contribution >= 0.6 is 0 Å². The van der Waals surface area contributed by atoms with Gasteiger partial charge < -0.3 is 9.47 Å². The van der Waals surface area contributed by atoms with Gasteiger partial charge in [0.15, 0.2) is 11.5 Å². The fourth-order valence-corrected chi connectivity index (χ4v) is 3.34. The van der Waals surface area contributed by atoms with E-state index in [2.05, 4.69) is 6.07 Å². The van der Waals surface area contributed by atoms with E-state index in [1.54, 1.807) is 19.2 Å². The molecule has 4 heteroatoms. The van der Waals surface area contributed by atoms with Crippen molar-refractivity contribution in [1.29, 1.82) is 5.26 Å².